The lowest BCUT2D eigenvalue weighted by molar-refractivity contribution is -0.163. The van der Waals surface area contributed by atoms with Crippen LogP contribution in [0.1, 0.15) is 20.3 Å². The average molecular weight is 170 g/mol. The van der Waals surface area contributed by atoms with Gasteiger partial charge in [-0.2, -0.15) is 0 Å². The van der Waals surface area contributed by atoms with Crippen LogP contribution in [0.25, 0.3) is 0 Å². The Morgan fingerprint density at radius 2 is 2.17 bits per heavy atom. The maximum atomic E-state index is 11.1. The van der Waals surface area contributed by atoms with Crippen LogP contribution in [-0.2, 0) is 14.3 Å². The van der Waals surface area contributed by atoms with E-state index < -0.39 is 0 Å². The molecule has 0 saturated heterocycles. The van der Waals surface area contributed by atoms with E-state index in [1.807, 2.05) is 13.8 Å². The van der Waals surface area contributed by atoms with Gasteiger partial charge in [-0.05, 0) is 11.8 Å². The van der Waals surface area contributed by atoms with Crippen molar-refractivity contribution in [2.75, 3.05) is 7.11 Å². The molecule has 12 heavy (non-hydrogen) atoms. The van der Waals surface area contributed by atoms with Crippen molar-refractivity contribution in [3.63, 3.8) is 0 Å². The molecule has 0 heterocycles. The Balaban J connectivity index is 2.64. The van der Waals surface area contributed by atoms with Gasteiger partial charge in [-0.1, -0.05) is 13.8 Å². The second-order valence-electron chi connectivity index (χ2n) is 3.88. The first-order chi connectivity index (χ1) is 5.54. The smallest absolute Gasteiger partial charge is 0.309 e. The second-order valence-corrected chi connectivity index (χ2v) is 3.88. The van der Waals surface area contributed by atoms with E-state index in [1.165, 1.54) is 7.11 Å². The minimum absolute atomic E-state index is 0.0154. The van der Waals surface area contributed by atoms with Gasteiger partial charge in [-0.15, -0.1) is 0 Å². The lowest BCUT2D eigenvalue weighted by Crippen LogP contribution is -2.49. The van der Waals surface area contributed by atoms with Gasteiger partial charge in [0.05, 0.1) is 13.0 Å². The molecule has 3 heteroatoms. The Kier molecular flexibility index (Phi) is 2.22. The van der Waals surface area contributed by atoms with Crippen molar-refractivity contribution < 1.29 is 14.3 Å². The molecule has 68 valence electrons. The van der Waals surface area contributed by atoms with Crippen molar-refractivity contribution >= 4 is 12.3 Å². The molecule has 0 radical (unpaired) electrons. The third kappa shape index (κ3) is 1.13. The largest absolute Gasteiger partial charge is 0.469 e. The van der Waals surface area contributed by atoms with Gasteiger partial charge in [0.2, 0.25) is 0 Å². The fraction of sp³-hybridized carbons (Fsp3) is 0.778. The number of esters is 1. The molecule has 3 nitrogen and oxygen atoms in total. The standard InChI is InChI=1S/C9H14O3/c1-9(2)6(5-10)4-7(9)8(11)12-3/h5-7H,4H2,1-3H3. The highest BCUT2D eigenvalue weighted by atomic mass is 16.5. The number of rotatable bonds is 2. The summed E-state index contributed by atoms with van der Waals surface area (Å²) >= 11 is 0. The van der Waals surface area contributed by atoms with Crippen molar-refractivity contribution in [3.05, 3.63) is 0 Å². The van der Waals surface area contributed by atoms with Crippen LogP contribution in [0.4, 0.5) is 0 Å². The number of hydrogen-bond donors (Lipinski definition) is 0. The average Bonchev–Trinajstić information content (AvgIpc) is 2.03. The van der Waals surface area contributed by atoms with E-state index in [-0.39, 0.29) is 23.2 Å². The van der Waals surface area contributed by atoms with Crippen molar-refractivity contribution in [1.29, 1.82) is 0 Å². The maximum absolute atomic E-state index is 11.1. The highest BCUT2D eigenvalue weighted by Crippen LogP contribution is 2.50. The van der Waals surface area contributed by atoms with Gasteiger partial charge in [0.1, 0.15) is 6.29 Å². The third-order valence-corrected chi connectivity index (χ3v) is 2.99. The SMILES string of the molecule is COC(=O)C1CC(C=O)C1(C)C. The lowest BCUT2D eigenvalue weighted by Gasteiger charge is -2.47. The Morgan fingerprint density at radius 1 is 1.58 bits per heavy atom. The van der Waals surface area contributed by atoms with Crippen LogP contribution >= 0.6 is 0 Å². The Morgan fingerprint density at radius 3 is 2.50 bits per heavy atom. The Hall–Kier alpha value is -0.860. The zero-order chi connectivity index (χ0) is 9.35. The van der Waals surface area contributed by atoms with Crippen LogP contribution in [0.2, 0.25) is 0 Å². The zero-order valence-electron chi connectivity index (χ0n) is 7.66. The Bertz CT molecular complexity index is 208. The molecule has 0 aromatic carbocycles. The van der Waals surface area contributed by atoms with Crippen LogP contribution < -0.4 is 0 Å². The highest BCUT2D eigenvalue weighted by molar-refractivity contribution is 5.77. The van der Waals surface area contributed by atoms with Gasteiger partial charge in [-0.3, -0.25) is 4.79 Å². The molecule has 0 amide bonds. The number of ether oxygens (including phenoxy) is 1. The summed E-state index contributed by atoms with van der Waals surface area (Å²) < 4.78 is 4.63. The second kappa shape index (κ2) is 2.88. The molecule has 1 saturated carbocycles. The lowest BCUT2D eigenvalue weighted by atomic mass is 9.55. The fourth-order valence-corrected chi connectivity index (χ4v) is 1.73. The van der Waals surface area contributed by atoms with Gasteiger partial charge in [0, 0.05) is 5.92 Å². The fourth-order valence-electron chi connectivity index (χ4n) is 1.73. The zero-order valence-corrected chi connectivity index (χ0v) is 7.66. The van der Waals surface area contributed by atoms with E-state index >= 15 is 0 Å². The summed E-state index contributed by atoms with van der Waals surface area (Å²) in [5.74, 6) is -0.280. The summed E-state index contributed by atoms with van der Waals surface area (Å²) in [6, 6.07) is 0. The van der Waals surface area contributed by atoms with Gasteiger partial charge >= 0.3 is 5.97 Å². The molecule has 0 N–H and O–H groups in total. The molecular formula is C9H14O3. The predicted molar refractivity (Wildman–Crippen MR) is 43.5 cm³/mol. The van der Waals surface area contributed by atoms with E-state index in [4.69, 9.17) is 0 Å². The number of carbonyl (C=O) groups is 2. The van der Waals surface area contributed by atoms with E-state index in [0.717, 1.165) is 6.29 Å². The first-order valence-corrected chi connectivity index (χ1v) is 4.07. The molecular weight excluding hydrogens is 156 g/mol. The summed E-state index contributed by atoms with van der Waals surface area (Å²) in [6.07, 6.45) is 1.57. The van der Waals surface area contributed by atoms with Crippen molar-refractivity contribution in [2.24, 2.45) is 17.3 Å². The van der Waals surface area contributed by atoms with Crippen LogP contribution in [0.3, 0.4) is 0 Å². The monoisotopic (exact) mass is 170 g/mol. The summed E-state index contributed by atoms with van der Waals surface area (Å²) in [5.41, 5.74) is -0.213. The molecule has 1 aliphatic carbocycles. The first kappa shape index (κ1) is 9.23. The molecule has 1 fully saturated rings. The van der Waals surface area contributed by atoms with Crippen LogP contribution in [0.5, 0.6) is 0 Å². The number of methoxy groups -OCH3 is 1. The maximum Gasteiger partial charge on any atom is 0.309 e. The van der Waals surface area contributed by atoms with Crippen LogP contribution in [0, 0.1) is 17.3 Å². The quantitative estimate of drug-likeness (QED) is 0.459. The van der Waals surface area contributed by atoms with Crippen molar-refractivity contribution in [1.82, 2.24) is 0 Å². The molecule has 1 rings (SSSR count). The summed E-state index contributed by atoms with van der Waals surface area (Å²) in [5, 5.41) is 0. The van der Waals surface area contributed by atoms with E-state index in [2.05, 4.69) is 4.74 Å². The topological polar surface area (TPSA) is 43.4 Å². The van der Waals surface area contributed by atoms with E-state index in [1.54, 1.807) is 0 Å². The minimum atomic E-state index is -0.213. The third-order valence-electron chi connectivity index (χ3n) is 2.99. The molecule has 0 bridgehead atoms. The van der Waals surface area contributed by atoms with Crippen LogP contribution in [0.15, 0.2) is 0 Å². The first-order valence-electron chi connectivity index (χ1n) is 4.07. The number of carbonyl (C=O) groups excluding carboxylic acids is 2. The number of aldehydes is 1. The van der Waals surface area contributed by atoms with Crippen LogP contribution in [-0.4, -0.2) is 19.4 Å². The van der Waals surface area contributed by atoms with E-state index in [0.29, 0.717) is 6.42 Å². The number of hydrogen-bond acceptors (Lipinski definition) is 3. The summed E-state index contributed by atoms with van der Waals surface area (Å²) in [7, 11) is 1.38. The normalized spacial score (nSPS) is 31.9. The van der Waals surface area contributed by atoms with Gasteiger partial charge < -0.3 is 9.53 Å². The minimum Gasteiger partial charge on any atom is -0.469 e. The van der Waals surface area contributed by atoms with Crippen molar-refractivity contribution in [2.45, 2.75) is 20.3 Å². The van der Waals surface area contributed by atoms with Gasteiger partial charge in [0.15, 0.2) is 0 Å². The van der Waals surface area contributed by atoms with Crippen molar-refractivity contribution in [3.8, 4) is 0 Å². The summed E-state index contributed by atoms with van der Waals surface area (Å²) in [6.45, 7) is 3.86. The Labute approximate surface area is 72.1 Å². The molecule has 0 spiro atoms. The highest BCUT2D eigenvalue weighted by Gasteiger charge is 2.52. The molecule has 0 aromatic rings. The molecule has 1 aliphatic rings. The molecule has 2 atom stereocenters. The molecule has 0 aliphatic heterocycles. The molecule has 0 aromatic heterocycles. The predicted octanol–water partition coefficient (Wildman–Crippen LogP) is 1.02. The summed E-state index contributed by atoms with van der Waals surface area (Å²) in [4.78, 5) is 21.6. The van der Waals surface area contributed by atoms with Gasteiger partial charge in [-0.25, -0.2) is 0 Å². The van der Waals surface area contributed by atoms with Gasteiger partial charge in [0.25, 0.3) is 0 Å². The molecule has 2 unspecified atom stereocenters. The van der Waals surface area contributed by atoms with E-state index in [9.17, 15) is 9.59 Å².